The summed E-state index contributed by atoms with van der Waals surface area (Å²) in [5.41, 5.74) is 9.94. The minimum Gasteiger partial charge on any atom is -0.497 e. The van der Waals surface area contributed by atoms with E-state index in [1.54, 1.807) is 7.11 Å². The number of rotatable bonds is 2. The molecule has 1 aromatic carbocycles. The van der Waals surface area contributed by atoms with Crippen molar-refractivity contribution in [1.29, 1.82) is 0 Å². The van der Waals surface area contributed by atoms with E-state index in [0.717, 1.165) is 28.3 Å². The number of nitrogen functional groups attached to an aromatic ring is 1. The highest BCUT2D eigenvalue weighted by atomic mass is 16.5. The van der Waals surface area contributed by atoms with Crippen molar-refractivity contribution in [3.63, 3.8) is 0 Å². The van der Waals surface area contributed by atoms with Crippen molar-refractivity contribution in [3.8, 4) is 17.0 Å². The van der Waals surface area contributed by atoms with E-state index in [4.69, 9.17) is 10.5 Å². The molecular formula is C15H15N3O. The fourth-order valence-corrected chi connectivity index (χ4v) is 2.24. The van der Waals surface area contributed by atoms with Crippen molar-refractivity contribution in [1.82, 2.24) is 9.38 Å². The van der Waals surface area contributed by atoms with E-state index in [9.17, 15) is 0 Å². The Morgan fingerprint density at radius 2 is 1.84 bits per heavy atom. The number of anilines is 1. The van der Waals surface area contributed by atoms with Gasteiger partial charge in [-0.2, -0.15) is 0 Å². The number of benzene rings is 1. The number of nitrogens with zero attached hydrogens (tertiary/aromatic N) is 2. The molecule has 0 unspecified atom stereocenters. The lowest BCUT2D eigenvalue weighted by Gasteiger charge is -2.03. The number of aromatic nitrogens is 2. The van der Waals surface area contributed by atoms with Crippen LogP contribution < -0.4 is 10.5 Å². The molecule has 4 heteroatoms. The van der Waals surface area contributed by atoms with Gasteiger partial charge in [0.25, 0.3) is 0 Å². The van der Waals surface area contributed by atoms with Gasteiger partial charge in [-0.15, -0.1) is 0 Å². The van der Waals surface area contributed by atoms with Crippen LogP contribution in [0.2, 0.25) is 0 Å². The average Bonchev–Trinajstić information content (AvgIpc) is 2.78. The molecule has 96 valence electrons. The quantitative estimate of drug-likeness (QED) is 0.764. The van der Waals surface area contributed by atoms with Gasteiger partial charge in [-0.25, -0.2) is 4.98 Å². The molecule has 0 saturated heterocycles. The number of ether oxygens (including phenoxy) is 1. The van der Waals surface area contributed by atoms with E-state index < -0.39 is 0 Å². The summed E-state index contributed by atoms with van der Waals surface area (Å²) in [6.07, 6.45) is 0. The highest BCUT2D eigenvalue weighted by Gasteiger charge is 2.12. The standard InChI is InChI=1S/C15H15N3O/c1-10-4-3-5-13-17-14(15(16)18(10)13)11-6-8-12(19-2)9-7-11/h3-9H,16H2,1-2H3. The monoisotopic (exact) mass is 253 g/mol. The Morgan fingerprint density at radius 3 is 2.47 bits per heavy atom. The predicted molar refractivity (Wildman–Crippen MR) is 76.3 cm³/mol. The molecule has 0 aliphatic heterocycles. The van der Waals surface area contributed by atoms with Gasteiger partial charge in [0, 0.05) is 11.3 Å². The second-order valence-corrected chi connectivity index (χ2v) is 4.43. The first-order chi connectivity index (χ1) is 9.20. The zero-order chi connectivity index (χ0) is 13.4. The van der Waals surface area contributed by atoms with E-state index in [2.05, 4.69) is 4.98 Å². The van der Waals surface area contributed by atoms with Crippen LogP contribution >= 0.6 is 0 Å². The Hall–Kier alpha value is -2.49. The molecule has 0 atom stereocenters. The third-order valence-electron chi connectivity index (χ3n) is 3.24. The lowest BCUT2D eigenvalue weighted by atomic mass is 10.1. The topological polar surface area (TPSA) is 52.5 Å². The minimum absolute atomic E-state index is 0.665. The van der Waals surface area contributed by atoms with Gasteiger partial charge in [0.15, 0.2) is 0 Å². The Bertz CT molecular complexity index is 729. The van der Waals surface area contributed by atoms with Gasteiger partial charge < -0.3 is 10.5 Å². The van der Waals surface area contributed by atoms with Gasteiger partial charge in [-0.3, -0.25) is 4.40 Å². The molecule has 0 aliphatic rings. The summed E-state index contributed by atoms with van der Waals surface area (Å²) in [5.74, 6) is 1.49. The highest BCUT2D eigenvalue weighted by molar-refractivity contribution is 5.75. The van der Waals surface area contributed by atoms with Crippen LogP contribution in [0.4, 0.5) is 5.82 Å². The second-order valence-electron chi connectivity index (χ2n) is 4.43. The summed E-state index contributed by atoms with van der Waals surface area (Å²) in [6, 6.07) is 13.7. The number of hydrogen-bond acceptors (Lipinski definition) is 3. The van der Waals surface area contributed by atoms with Gasteiger partial charge in [0.1, 0.15) is 22.9 Å². The smallest absolute Gasteiger partial charge is 0.139 e. The number of pyridine rings is 1. The number of fused-ring (bicyclic) bond motifs is 1. The summed E-state index contributed by atoms with van der Waals surface area (Å²) in [4.78, 5) is 4.60. The molecule has 0 bridgehead atoms. The van der Waals surface area contributed by atoms with Crippen molar-refractivity contribution in [2.45, 2.75) is 6.92 Å². The van der Waals surface area contributed by atoms with Crippen molar-refractivity contribution in [2.75, 3.05) is 12.8 Å². The first-order valence-electron chi connectivity index (χ1n) is 6.08. The lowest BCUT2D eigenvalue weighted by molar-refractivity contribution is 0.415. The molecule has 0 aliphatic carbocycles. The number of methoxy groups -OCH3 is 1. The van der Waals surface area contributed by atoms with Crippen LogP contribution in [0.3, 0.4) is 0 Å². The molecule has 0 fully saturated rings. The summed E-state index contributed by atoms with van der Waals surface area (Å²) >= 11 is 0. The van der Waals surface area contributed by atoms with E-state index in [-0.39, 0.29) is 0 Å². The maximum Gasteiger partial charge on any atom is 0.139 e. The fourth-order valence-electron chi connectivity index (χ4n) is 2.24. The maximum atomic E-state index is 6.21. The van der Waals surface area contributed by atoms with Gasteiger partial charge >= 0.3 is 0 Å². The van der Waals surface area contributed by atoms with Crippen LogP contribution in [0.5, 0.6) is 5.75 Å². The maximum absolute atomic E-state index is 6.21. The normalized spacial score (nSPS) is 10.8. The Labute approximate surface area is 111 Å². The average molecular weight is 253 g/mol. The Balaban J connectivity index is 2.19. The molecule has 0 radical (unpaired) electrons. The summed E-state index contributed by atoms with van der Waals surface area (Å²) in [6.45, 7) is 2.02. The molecule has 3 rings (SSSR count). The molecule has 2 aromatic heterocycles. The zero-order valence-corrected chi connectivity index (χ0v) is 10.9. The summed E-state index contributed by atoms with van der Waals surface area (Å²) < 4.78 is 7.11. The number of imidazole rings is 1. The Kier molecular flexibility index (Phi) is 2.63. The van der Waals surface area contributed by atoms with Crippen molar-refractivity contribution >= 4 is 11.5 Å². The van der Waals surface area contributed by atoms with Crippen LogP contribution in [-0.4, -0.2) is 16.5 Å². The number of hydrogen-bond donors (Lipinski definition) is 1. The molecule has 2 heterocycles. The lowest BCUT2D eigenvalue weighted by Crippen LogP contribution is -1.97. The van der Waals surface area contributed by atoms with Gasteiger partial charge in [-0.1, -0.05) is 6.07 Å². The molecule has 19 heavy (non-hydrogen) atoms. The first kappa shape index (κ1) is 11.6. The van der Waals surface area contributed by atoms with Crippen LogP contribution in [0.25, 0.3) is 16.9 Å². The number of nitrogens with two attached hydrogens (primary N) is 1. The molecule has 2 N–H and O–H groups in total. The molecule has 0 saturated carbocycles. The molecule has 4 nitrogen and oxygen atoms in total. The van der Waals surface area contributed by atoms with Crippen molar-refractivity contribution in [3.05, 3.63) is 48.2 Å². The van der Waals surface area contributed by atoms with Gasteiger partial charge in [0.05, 0.1) is 7.11 Å². The highest BCUT2D eigenvalue weighted by Crippen LogP contribution is 2.28. The van der Waals surface area contributed by atoms with E-state index in [1.807, 2.05) is 53.8 Å². The third kappa shape index (κ3) is 1.81. The largest absolute Gasteiger partial charge is 0.497 e. The van der Waals surface area contributed by atoms with Crippen LogP contribution in [-0.2, 0) is 0 Å². The van der Waals surface area contributed by atoms with Crippen LogP contribution in [0, 0.1) is 6.92 Å². The first-order valence-corrected chi connectivity index (χ1v) is 6.08. The molecule has 0 spiro atoms. The van der Waals surface area contributed by atoms with Crippen LogP contribution in [0.1, 0.15) is 5.69 Å². The zero-order valence-electron chi connectivity index (χ0n) is 10.9. The summed E-state index contributed by atoms with van der Waals surface area (Å²) in [5, 5.41) is 0. The van der Waals surface area contributed by atoms with Gasteiger partial charge in [-0.05, 0) is 43.3 Å². The Morgan fingerprint density at radius 1 is 1.11 bits per heavy atom. The van der Waals surface area contributed by atoms with Crippen LogP contribution in [0.15, 0.2) is 42.5 Å². The predicted octanol–water partition coefficient (Wildman–Crippen LogP) is 2.90. The summed E-state index contributed by atoms with van der Waals surface area (Å²) in [7, 11) is 1.65. The molecule has 3 aromatic rings. The second kappa shape index (κ2) is 4.31. The van der Waals surface area contributed by atoms with E-state index in [1.165, 1.54) is 0 Å². The van der Waals surface area contributed by atoms with Crippen molar-refractivity contribution in [2.24, 2.45) is 0 Å². The number of aryl methyl sites for hydroxylation is 1. The minimum atomic E-state index is 0.665. The van der Waals surface area contributed by atoms with E-state index in [0.29, 0.717) is 5.82 Å². The van der Waals surface area contributed by atoms with E-state index >= 15 is 0 Å². The SMILES string of the molecule is COc1ccc(-c2nc3cccc(C)n3c2N)cc1. The van der Waals surface area contributed by atoms with Gasteiger partial charge in [0.2, 0.25) is 0 Å². The third-order valence-corrected chi connectivity index (χ3v) is 3.24. The fraction of sp³-hybridized carbons (Fsp3) is 0.133. The molecule has 0 amide bonds. The molecular weight excluding hydrogens is 238 g/mol. The van der Waals surface area contributed by atoms with Crippen molar-refractivity contribution < 1.29 is 4.74 Å².